The van der Waals surface area contributed by atoms with Crippen molar-refractivity contribution in [3.63, 3.8) is 0 Å². The van der Waals surface area contributed by atoms with Gasteiger partial charge in [-0.3, -0.25) is 0 Å². The van der Waals surface area contributed by atoms with Crippen molar-refractivity contribution in [3.05, 3.63) is 58.9 Å². The molecule has 2 N–H and O–H groups in total. The highest BCUT2D eigenvalue weighted by atomic mass is 19.1. The van der Waals surface area contributed by atoms with Crippen LogP contribution >= 0.6 is 0 Å². The van der Waals surface area contributed by atoms with E-state index in [0.717, 1.165) is 22.4 Å². The Labute approximate surface area is 113 Å². The molecule has 0 aliphatic rings. The highest BCUT2D eigenvalue weighted by Gasteiger charge is 2.06. The third-order valence-electron chi connectivity index (χ3n) is 3.15. The Kier molecular flexibility index (Phi) is 4.17. The second-order valence-electron chi connectivity index (χ2n) is 4.63. The molecule has 2 nitrogen and oxygen atoms in total. The van der Waals surface area contributed by atoms with E-state index in [1.165, 1.54) is 12.1 Å². The normalized spacial score (nSPS) is 10.5. The van der Waals surface area contributed by atoms with Gasteiger partial charge < -0.3 is 10.5 Å². The third kappa shape index (κ3) is 3.32. The van der Waals surface area contributed by atoms with Crippen molar-refractivity contribution >= 4 is 0 Å². The predicted molar refractivity (Wildman–Crippen MR) is 75.1 cm³/mol. The van der Waals surface area contributed by atoms with Gasteiger partial charge in [-0.05, 0) is 61.7 Å². The number of rotatable bonds is 4. The maximum Gasteiger partial charge on any atom is 0.130 e. The number of hydrogen-bond acceptors (Lipinski definition) is 2. The van der Waals surface area contributed by atoms with Crippen LogP contribution in [0.3, 0.4) is 0 Å². The van der Waals surface area contributed by atoms with Gasteiger partial charge in [-0.1, -0.05) is 12.1 Å². The highest BCUT2D eigenvalue weighted by molar-refractivity contribution is 5.42. The first kappa shape index (κ1) is 13.6. The molecular weight excluding hydrogens is 241 g/mol. The van der Waals surface area contributed by atoms with E-state index >= 15 is 0 Å². The smallest absolute Gasteiger partial charge is 0.130 e. The molecule has 0 fully saturated rings. The van der Waals surface area contributed by atoms with Gasteiger partial charge in [0.2, 0.25) is 0 Å². The van der Waals surface area contributed by atoms with Crippen molar-refractivity contribution in [2.45, 2.75) is 20.3 Å². The zero-order chi connectivity index (χ0) is 13.8. The summed E-state index contributed by atoms with van der Waals surface area (Å²) in [6.45, 7) is 4.50. The summed E-state index contributed by atoms with van der Waals surface area (Å²) in [4.78, 5) is 0. The van der Waals surface area contributed by atoms with Crippen molar-refractivity contribution in [3.8, 4) is 11.5 Å². The molecule has 100 valence electrons. The first-order chi connectivity index (χ1) is 9.10. The maximum atomic E-state index is 13.5. The second-order valence-corrected chi connectivity index (χ2v) is 4.63. The minimum absolute atomic E-state index is 0.300. The van der Waals surface area contributed by atoms with E-state index in [9.17, 15) is 4.39 Å². The molecule has 0 radical (unpaired) electrons. The lowest BCUT2D eigenvalue weighted by Gasteiger charge is -2.11. The molecule has 0 spiro atoms. The average molecular weight is 259 g/mol. The second kappa shape index (κ2) is 5.85. The van der Waals surface area contributed by atoms with Crippen LogP contribution in [0.25, 0.3) is 0 Å². The summed E-state index contributed by atoms with van der Waals surface area (Å²) in [7, 11) is 0. The Morgan fingerprint density at radius 3 is 2.68 bits per heavy atom. The lowest BCUT2D eigenvalue weighted by Crippen LogP contribution is -2.03. The van der Waals surface area contributed by atoms with Crippen molar-refractivity contribution in [1.29, 1.82) is 0 Å². The Morgan fingerprint density at radius 2 is 1.95 bits per heavy atom. The summed E-state index contributed by atoms with van der Waals surface area (Å²) < 4.78 is 19.3. The zero-order valence-electron chi connectivity index (χ0n) is 11.2. The van der Waals surface area contributed by atoms with E-state index in [1.807, 2.05) is 38.1 Å². The van der Waals surface area contributed by atoms with Crippen LogP contribution in [0, 0.1) is 19.7 Å². The van der Waals surface area contributed by atoms with Gasteiger partial charge in [0.05, 0.1) is 0 Å². The van der Waals surface area contributed by atoms with E-state index < -0.39 is 0 Å². The summed E-state index contributed by atoms with van der Waals surface area (Å²) >= 11 is 0. The van der Waals surface area contributed by atoms with E-state index in [0.29, 0.717) is 18.7 Å². The Bertz CT molecular complexity index is 581. The molecule has 2 aromatic rings. The van der Waals surface area contributed by atoms with Gasteiger partial charge in [0.1, 0.15) is 17.3 Å². The van der Waals surface area contributed by atoms with Crippen LogP contribution < -0.4 is 10.5 Å². The molecule has 0 heterocycles. The molecule has 0 unspecified atom stereocenters. The van der Waals surface area contributed by atoms with Gasteiger partial charge in [0.15, 0.2) is 0 Å². The van der Waals surface area contributed by atoms with Gasteiger partial charge >= 0.3 is 0 Å². The summed E-state index contributed by atoms with van der Waals surface area (Å²) in [5.74, 6) is 0.965. The molecule has 2 rings (SSSR count). The fourth-order valence-corrected chi connectivity index (χ4v) is 1.95. The van der Waals surface area contributed by atoms with Gasteiger partial charge in [-0.15, -0.1) is 0 Å². The minimum atomic E-state index is -0.300. The summed E-state index contributed by atoms with van der Waals surface area (Å²) in [6.07, 6.45) is 0.640. The molecular formula is C16H18FNO. The maximum absolute atomic E-state index is 13.5. The highest BCUT2D eigenvalue weighted by Crippen LogP contribution is 2.28. The zero-order valence-corrected chi connectivity index (χ0v) is 11.2. The van der Waals surface area contributed by atoms with Crippen LogP contribution in [0.5, 0.6) is 11.5 Å². The van der Waals surface area contributed by atoms with Crippen LogP contribution in [0.1, 0.15) is 16.7 Å². The minimum Gasteiger partial charge on any atom is -0.457 e. The SMILES string of the molecule is Cc1cccc(Oc2cc(F)cc(CCN)c2)c1C. The third-order valence-corrected chi connectivity index (χ3v) is 3.15. The van der Waals surface area contributed by atoms with Crippen LogP contribution in [0.15, 0.2) is 36.4 Å². The summed E-state index contributed by atoms with van der Waals surface area (Å²) in [5.41, 5.74) is 8.56. The molecule has 3 heteroatoms. The molecule has 0 aliphatic carbocycles. The summed E-state index contributed by atoms with van der Waals surface area (Å²) in [6, 6.07) is 10.5. The Morgan fingerprint density at radius 1 is 1.16 bits per heavy atom. The van der Waals surface area contributed by atoms with Crippen LogP contribution in [0.4, 0.5) is 4.39 Å². The number of ether oxygens (including phenoxy) is 1. The van der Waals surface area contributed by atoms with Crippen LogP contribution in [-0.2, 0) is 6.42 Å². The van der Waals surface area contributed by atoms with Crippen molar-refractivity contribution in [2.75, 3.05) is 6.54 Å². The molecule has 0 atom stereocenters. The van der Waals surface area contributed by atoms with Gasteiger partial charge in [-0.2, -0.15) is 0 Å². The van der Waals surface area contributed by atoms with E-state index in [-0.39, 0.29) is 5.82 Å². The fraction of sp³-hybridized carbons (Fsp3) is 0.250. The number of hydrogen-bond donors (Lipinski definition) is 1. The van der Waals surface area contributed by atoms with Gasteiger partial charge in [-0.25, -0.2) is 4.39 Å². The van der Waals surface area contributed by atoms with Crippen molar-refractivity contribution in [2.24, 2.45) is 5.73 Å². The lowest BCUT2D eigenvalue weighted by molar-refractivity contribution is 0.471. The molecule has 0 aromatic heterocycles. The first-order valence-electron chi connectivity index (χ1n) is 6.34. The standard InChI is InChI=1S/C16H18FNO/c1-11-4-3-5-16(12(11)2)19-15-9-13(6-7-18)8-14(17)10-15/h3-5,8-10H,6-7,18H2,1-2H3. The number of benzene rings is 2. The molecule has 0 saturated carbocycles. The van der Waals surface area contributed by atoms with Gasteiger partial charge in [0.25, 0.3) is 0 Å². The van der Waals surface area contributed by atoms with E-state index in [2.05, 4.69) is 0 Å². The number of aryl methyl sites for hydroxylation is 1. The molecule has 0 bridgehead atoms. The topological polar surface area (TPSA) is 35.2 Å². The summed E-state index contributed by atoms with van der Waals surface area (Å²) in [5, 5.41) is 0. The number of nitrogens with two attached hydrogens (primary N) is 1. The van der Waals surface area contributed by atoms with Gasteiger partial charge in [0, 0.05) is 6.07 Å². The quantitative estimate of drug-likeness (QED) is 0.907. The predicted octanol–water partition coefficient (Wildman–Crippen LogP) is 3.74. The molecule has 0 saturated heterocycles. The largest absolute Gasteiger partial charge is 0.457 e. The van der Waals surface area contributed by atoms with Crippen molar-refractivity contribution in [1.82, 2.24) is 0 Å². The van der Waals surface area contributed by atoms with Crippen LogP contribution in [-0.4, -0.2) is 6.54 Å². The van der Waals surface area contributed by atoms with E-state index in [4.69, 9.17) is 10.5 Å². The monoisotopic (exact) mass is 259 g/mol. The number of halogens is 1. The fourth-order valence-electron chi connectivity index (χ4n) is 1.95. The molecule has 0 aliphatic heterocycles. The molecule has 19 heavy (non-hydrogen) atoms. The molecule has 2 aromatic carbocycles. The van der Waals surface area contributed by atoms with Crippen LogP contribution in [0.2, 0.25) is 0 Å². The molecule has 0 amide bonds. The Hall–Kier alpha value is -1.87. The Balaban J connectivity index is 2.30. The first-order valence-corrected chi connectivity index (χ1v) is 6.34. The average Bonchev–Trinajstić information content (AvgIpc) is 2.35. The van der Waals surface area contributed by atoms with E-state index in [1.54, 1.807) is 0 Å². The van der Waals surface area contributed by atoms with Crippen molar-refractivity contribution < 1.29 is 9.13 Å². The lowest BCUT2D eigenvalue weighted by atomic mass is 10.1.